The molecule has 1 unspecified atom stereocenters. The van der Waals surface area contributed by atoms with Crippen molar-refractivity contribution in [2.45, 2.75) is 49.4 Å². The van der Waals surface area contributed by atoms with Crippen molar-refractivity contribution in [1.29, 1.82) is 0 Å². The molecule has 0 radical (unpaired) electrons. The van der Waals surface area contributed by atoms with Gasteiger partial charge in [-0.25, -0.2) is 0 Å². The lowest BCUT2D eigenvalue weighted by Crippen LogP contribution is -2.40. The Labute approximate surface area is 176 Å². The monoisotopic (exact) mass is 486 g/mol. The van der Waals surface area contributed by atoms with Gasteiger partial charge in [0.1, 0.15) is 5.82 Å². The van der Waals surface area contributed by atoms with Crippen LogP contribution in [0.25, 0.3) is 0 Å². The summed E-state index contributed by atoms with van der Waals surface area (Å²) in [5, 5.41) is 15.8. The Morgan fingerprint density at radius 3 is 2.81 bits per heavy atom. The fraction of sp³-hybridized carbons (Fsp3) is 0.500. The van der Waals surface area contributed by atoms with Crippen molar-refractivity contribution in [3.05, 3.63) is 42.0 Å². The molecule has 0 fully saturated rings. The number of hydrogen-bond acceptors (Lipinski definition) is 4. The minimum atomic E-state index is 0. The van der Waals surface area contributed by atoms with E-state index in [1.807, 2.05) is 17.8 Å². The molecule has 2 N–H and O–H groups in total. The SMILES string of the molecule is CN=C(NCc1nnc2n1CCCC2)NCC(C)Sc1ccccc1.I. The molecule has 1 aromatic carbocycles. The Morgan fingerprint density at radius 2 is 2.04 bits per heavy atom. The first kappa shape index (κ1) is 21.0. The van der Waals surface area contributed by atoms with Crippen molar-refractivity contribution in [1.82, 2.24) is 25.4 Å². The fourth-order valence-electron chi connectivity index (χ4n) is 2.90. The first-order valence-electron chi connectivity index (χ1n) is 8.83. The number of hydrogen-bond donors (Lipinski definition) is 2. The molecule has 0 amide bonds. The molecular formula is C18H27IN6S. The van der Waals surface area contributed by atoms with E-state index in [2.05, 4.69) is 61.6 Å². The van der Waals surface area contributed by atoms with Crippen molar-refractivity contribution >= 4 is 41.7 Å². The highest BCUT2D eigenvalue weighted by molar-refractivity contribution is 14.0. The second-order valence-corrected chi connectivity index (χ2v) is 7.70. The van der Waals surface area contributed by atoms with Gasteiger partial charge in [0.25, 0.3) is 0 Å². The van der Waals surface area contributed by atoms with E-state index in [0.29, 0.717) is 11.8 Å². The molecule has 0 spiro atoms. The molecule has 2 heterocycles. The van der Waals surface area contributed by atoms with Gasteiger partial charge in [0, 0.05) is 36.7 Å². The van der Waals surface area contributed by atoms with Gasteiger partial charge in [0.15, 0.2) is 11.8 Å². The number of guanidine groups is 1. The molecule has 0 aliphatic carbocycles. The van der Waals surface area contributed by atoms with Gasteiger partial charge in [0.05, 0.1) is 6.54 Å². The summed E-state index contributed by atoms with van der Waals surface area (Å²) in [5.41, 5.74) is 0. The van der Waals surface area contributed by atoms with Crippen LogP contribution in [0.15, 0.2) is 40.2 Å². The van der Waals surface area contributed by atoms with E-state index < -0.39 is 0 Å². The lowest BCUT2D eigenvalue weighted by atomic mass is 10.2. The average Bonchev–Trinajstić information content (AvgIpc) is 3.06. The Morgan fingerprint density at radius 1 is 1.23 bits per heavy atom. The maximum absolute atomic E-state index is 4.32. The average molecular weight is 486 g/mol. The molecule has 8 heteroatoms. The highest BCUT2D eigenvalue weighted by Crippen LogP contribution is 2.21. The van der Waals surface area contributed by atoms with E-state index in [9.17, 15) is 0 Å². The van der Waals surface area contributed by atoms with Crippen LogP contribution in [0, 0.1) is 0 Å². The maximum atomic E-state index is 4.32. The number of aliphatic imine (C=N–C) groups is 1. The van der Waals surface area contributed by atoms with Crippen LogP contribution in [0.1, 0.15) is 31.4 Å². The number of fused-ring (bicyclic) bond motifs is 1. The van der Waals surface area contributed by atoms with Crippen molar-refractivity contribution in [2.24, 2.45) is 4.99 Å². The zero-order chi connectivity index (χ0) is 17.5. The van der Waals surface area contributed by atoms with Crippen LogP contribution >= 0.6 is 35.7 Å². The van der Waals surface area contributed by atoms with Crippen LogP contribution in [-0.4, -0.2) is 39.6 Å². The predicted octanol–water partition coefficient (Wildman–Crippen LogP) is 3.08. The molecule has 3 rings (SSSR count). The summed E-state index contributed by atoms with van der Waals surface area (Å²) in [5.74, 6) is 2.90. The van der Waals surface area contributed by atoms with Gasteiger partial charge >= 0.3 is 0 Å². The maximum Gasteiger partial charge on any atom is 0.191 e. The zero-order valence-corrected chi connectivity index (χ0v) is 18.5. The third-order valence-corrected chi connectivity index (χ3v) is 5.32. The molecule has 1 aliphatic rings. The second-order valence-electron chi connectivity index (χ2n) is 6.19. The fourth-order valence-corrected chi connectivity index (χ4v) is 3.84. The van der Waals surface area contributed by atoms with Crippen LogP contribution < -0.4 is 10.6 Å². The van der Waals surface area contributed by atoms with E-state index in [1.165, 1.54) is 17.7 Å². The molecule has 2 aromatic rings. The standard InChI is InChI=1S/C18H26N6S.HI/c1-14(25-15-8-4-3-5-9-15)12-20-18(19-2)21-13-17-23-22-16-10-6-7-11-24(16)17;/h3-5,8-9,14H,6-7,10-13H2,1-2H3,(H2,19,20,21);1H. The summed E-state index contributed by atoms with van der Waals surface area (Å²) in [6.45, 7) is 4.73. The highest BCUT2D eigenvalue weighted by atomic mass is 127. The van der Waals surface area contributed by atoms with Crippen molar-refractivity contribution in [2.75, 3.05) is 13.6 Å². The van der Waals surface area contributed by atoms with Gasteiger partial charge in [-0.3, -0.25) is 4.99 Å². The molecule has 1 aliphatic heterocycles. The first-order valence-corrected chi connectivity index (χ1v) is 9.71. The molecular weight excluding hydrogens is 459 g/mol. The van der Waals surface area contributed by atoms with Crippen LogP contribution in [0.2, 0.25) is 0 Å². The van der Waals surface area contributed by atoms with Crippen LogP contribution in [0.3, 0.4) is 0 Å². The summed E-state index contributed by atoms with van der Waals surface area (Å²) in [6, 6.07) is 10.5. The smallest absolute Gasteiger partial charge is 0.191 e. The van der Waals surface area contributed by atoms with Crippen LogP contribution in [0.5, 0.6) is 0 Å². The van der Waals surface area contributed by atoms with Gasteiger partial charge in [0.2, 0.25) is 0 Å². The largest absolute Gasteiger partial charge is 0.355 e. The van der Waals surface area contributed by atoms with E-state index >= 15 is 0 Å². The number of halogens is 1. The van der Waals surface area contributed by atoms with Crippen molar-refractivity contribution in [3.63, 3.8) is 0 Å². The van der Waals surface area contributed by atoms with E-state index in [-0.39, 0.29) is 24.0 Å². The summed E-state index contributed by atoms with van der Waals surface area (Å²) in [7, 11) is 1.80. The van der Waals surface area contributed by atoms with Gasteiger partial charge < -0.3 is 15.2 Å². The molecule has 6 nitrogen and oxygen atoms in total. The number of aromatic nitrogens is 3. The molecule has 1 aromatic heterocycles. The second kappa shape index (κ2) is 10.8. The Kier molecular flexibility index (Phi) is 8.70. The van der Waals surface area contributed by atoms with E-state index in [1.54, 1.807) is 7.05 Å². The number of thioether (sulfide) groups is 1. The Hall–Kier alpha value is -1.29. The predicted molar refractivity (Wildman–Crippen MR) is 118 cm³/mol. The van der Waals surface area contributed by atoms with Gasteiger partial charge in [-0.15, -0.1) is 45.9 Å². The Balaban J connectivity index is 0.00000243. The third-order valence-electron chi connectivity index (χ3n) is 4.21. The normalized spacial score (nSPS) is 14.9. The highest BCUT2D eigenvalue weighted by Gasteiger charge is 2.15. The van der Waals surface area contributed by atoms with Gasteiger partial charge in [-0.05, 0) is 25.0 Å². The topological polar surface area (TPSA) is 67.1 Å². The third kappa shape index (κ3) is 5.87. The number of aryl methyl sites for hydroxylation is 1. The summed E-state index contributed by atoms with van der Waals surface area (Å²) in [4.78, 5) is 5.59. The van der Waals surface area contributed by atoms with Crippen molar-refractivity contribution < 1.29 is 0 Å². The minimum absolute atomic E-state index is 0. The number of nitrogens with zero attached hydrogens (tertiary/aromatic N) is 4. The zero-order valence-electron chi connectivity index (χ0n) is 15.3. The van der Waals surface area contributed by atoms with Crippen molar-refractivity contribution in [3.8, 4) is 0 Å². The van der Waals surface area contributed by atoms with Gasteiger partial charge in [-0.1, -0.05) is 25.1 Å². The summed E-state index contributed by atoms with van der Waals surface area (Å²) < 4.78 is 2.23. The lowest BCUT2D eigenvalue weighted by Gasteiger charge is -2.17. The Bertz CT molecular complexity index is 703. The number of nitrogens with one attached hydrogen (secondary N) is 2. The molecule has 0 bridgehead atoms. The molecule has 0 saturated carbocycles. The first-order chi connectivity index (χ1) is 12.3. The summed E-state index contributed by atoms with van der Waals surface area (Å²) in [6.07, 6.45) is 3.46. The lowest BCUT2D eigenvalue weighted by molar-refractivity contribution is 0.504. The number of benzene rings is 1. The van der Waals surface area contributed by atoms with E-state index in [4.69, 9.17) is 0 Å². The van der Waals surface area contributed by atoms with Gasteiger partial charge in [-0.2, -0.15) is 0 Å². The number of rotatable bonds is 6. The minimum Gasteiger partial charge on any atom is -0.355 e. The molecule has 26 heavy (non-hydrogen) atoms. The molecule has 1 atom stereocenters. The van der Waals surface area contributed by atoms with Crippen LogP contribution in [0.4, 0.5) is 0 Å². The summed E-state index contributed by atoms with van der Waals surface area (Å²) >= 11 is 1.86. The molecule has 142 valence electrons. The van der Waals surface area contributed by atoms with E-state index in [0.717, 1.165) is 37.1 Å². The van der Waals surface area contributed by atoms with Crippen LogP contribution in [-0.2, 0) is 19.5 Å². The molecule has 0 saturated heterocycles. The quantitative estimate of drug-likeness (QED) is 0.285.